The highest BCUT2D eigenvalue weighted by Crippen LogP contribution is 2.24. The van der Waals surface area contributed by atoms with Crippen LogP contribution in [0.25, 0.3) is 0 Å². The summed E-state index contributed by atoms with van der Waals surface area (Å²) in [5.74, 6) is 0.674. The largest absolute Gasteiger partial charge is 0.381 e. The maximum Gasteiger partial charge on any atom is 0.0509 e. The zero-order valence-electron chi connectivity index (χ0n) is 13.0. The number of hydrogen-bond acceptors (Lipinski definition) is 2. The number of unbranched alkanes of at least 4 members (excludes halogenated alkanes) is 2. The van der Waals surface area contributed by atoms with Gasteiger partial charge in [0.25, 0.3) is 0 Å². The van der Waals surface area contributed by atoms with Crippen molar-refractivity contribution in [2.75, 3.05) is 13.2 Å². The maximum absolute atomic E-state index is 5.52. The molecule has 0 saturated carbocycles. The van der Waals surface area contributed by atoms with Crippen LogP contribution in [0.5, 0.6) is 0 Å². The minimum atomic E-state index is 0.485. The third-order valence-corrected chi connectivity index (χ3v) is 4.43. The first-order valence-corrected chi connectivity index (χ1v) is 8.20. The summed E-state index contributed by atoms with van der Waals surface area (Å²) in [6.45, 7) is 6.44. The highest BCUT2D eigenvalue weighted by atomic mass is 16.5. The summed E-state index contributed by atoms with van der Waals surface area (Å²) in [6, 6.07) is 11.9. The van der Waals surface area contributed by atoms with Gasteiger partial charge in [0.2, 0.25) is 0 Å². The Morgan fingerprint density at radius 1 is 1.25 bits per heavy atom. The summed E-state index contributed by atoms with van der Waals surface area (Å²) in [5.41, 5.74) is 1.43. The van der Waals surface area contributed by atoms with Gasteiger partial charge in [-0.05, 0) is 31.2 Å². The molecule has 0 bridgehead atoms. The van der Waals surface area contributed by atoms with Crippen LogP contribution in [-0.4, -0.2) is 19.3 Å². The number of benzene rings is 1. The minimum Gasteiger partial charge on any atom is -0.381 e. The Labute approximate surface area is 123 Å². The second-order valence-corrected chi connectivity index (χ2v) is 6.04. The third kappa shape index (κ3) is 4.60. The monoisotopic (exact) mass is 275 g/mol. The van der Waals surface area contributed by atoms with Crippen molar-refractivity contribution in [1.82, 2.24) is 5.32 Å². The Balaban J connectivity index is 1.94. The van der Waals surface area contributed by atoms with E-state index in [1.54, 1.807) is 0 Å². The summed E-state index contributed by atoms with van der Waals surface area (Å²) in [4.78, 5) is 0. The van der Waals surface area contributed by atoms with E-state index >= 15 is 0 Å². The molecule has 1 aliphatic heterocycles. The van der Waals surface area contributed by atoms with Crippen LogP contribution in [0, 0.1) is 5.92 Å². The van der Waals surface area contributed by atoms with Crippen LogP contribution in [-0.2, 0) is 4.74 Å². The Hall–Kier alpha value is -0.860. The van der Waals surface area contributed by atoms with Crippen molar-refractivity contribution in [2.45, 2.75) is 58.0 Å². The van der Waals surface area contributed by atoms with Crippen molar-refractivity contribution >= 4 is 0 Å². The lowest BCUT2D eigenvalue weighted by Crippen LogP contribution is -2.36. The van der Waals surface area contributed by atoms with Gasteiger partial charge in [0.1, 0.15) is 0 Å². The van der Waals surface area contributed by atoms with E-state index in [2.05, 4.69) is 49.5 Å². The Morgan fingerprint density at radius 3 is 2.70 bits per heavy atom. The van der Waals surface area contributed by atoms with Crippen molar-refractivity contribution in [1.29, 1.82) is 0 Å². The number of rotatable bonds is 8. The highest BCUT2D eigenvalue weighted by molar-refractivity contribution is 5.19. The molecule has 1 fully saturated rings. The molecule has 2 nitrogen and oxygen atoms in total. The van der Waals surface area contributed by atoms with Crippen molar-refractivity contribution in [2.24, 2.45) is 5.92 Å². The van der Waals surface area contributed by atoms with Gasteiger partial charge < -0.3 is 10.1 Å². The number of hydrogen-bond donors (Lipinski definition) is 1. The van der Waals surface area contributed by atoms with E-state index in [4.69, 9.17) is 4.74 Å². The first-order valence-electron chi connectivity index (χ1n) is 8.20. The topological polar surface area (TPSA) is 21.3 Å². The molecule has 0 radical (unpaired) electrons. The molecular weight excluding hydrogens is 246 g/mol. The zero-order valence-corrected chi connectivity index (χ0v) is 13.0. The van der Waals surface area contributed by atoms with Gasteiger partial charge in [-0.2, -0.15) is 0 Å². The molecule has 2 rings (SSSR count). The molecule has 1 N–H and O–H groups in total. The van der Waals surface area contributed by atoms with Crippen molar-refractivity contribution in [3.05, 3.63) is 35.9 Å². The van der Waals surface area contributed by atoms with E-state index in [0.29, 0.717) is 18.0 Å². The first-order chi connectivity index (χ1) is 9.81. The van der Waals surface area contributed by atoms with Gasteiger partial charge >= 0.3 is 0 Å². The zero-order chi connectivity index (χ0) is 14.2. The summed E-state index contributed by atoms with van der Waals surface area (Å²) >= 11 is 0. The van der Waals surface area contributed by atoms with E-state index < -0.39 is 0 Å². The van der Waals surface area contributed by atoms with Crippen LogP contribution in [0.3, 0.4) is 0 Å². The van der Waals surface area contributed by atoms with E-state index in [1.807, 2.05) is 0 Å². The third-order valence-electron chi connectivity index (χ3n) is 4.43. The summed E-state index contributed by atoms with van der Waals surface area (Å²) in [6.07, 6.45) is 6.34. The molecule has 0 aliphatic carbocycles. The first kappa shape index (κ1) is 15.5. The van der Waals surface area contributed by atoms with Gasteiger partial charge in [-0.15, -0.1) is 0 Å². The van der Waals surface area contributed by atoms with Gasteiger partial charge in [0.15, 0.2) is 0 Å². The van der Waals surface area contributed by atoms with E-state index in [0.717, 1.165) is 13.2 Å². The van der Waals surface area contributed by atoms with Crippen LogP contribution in [0.4, 0.5) is 0 Å². The Kier molecular flexibility index (Phi) is 6.55. The maximum atomic E-state index is 5.52. The lowest BCUT2D eigenvalue weighted by molar-refractivity contribution is 0.176. The highest BCUT2D eigenvalue weighted by Gasteiger charge is 2.24. The van der Waals surface area contributed by atoms with Crippen LogP contribution in [0.15, 0.2) is 30.3 Å². The van der Waals surface area contributed by atoms with Crippen LogP contribution >= 0.6 is 0 Å². The molecule has 3 unspecified atom stereocenters. The average molecular weight is 275 g/mol. The molecule has 1 heterocycles. The van der Waals surface area contributed by atoms with E-state index in [9.17, 15) is 0 Å². The molecule has 3 atom stereocenters. The normalized spacial score (nSPS) is 21.8. The summed E-state index contributed by atoms with van der Waals surface area (Å²) in [5, 5.41) is 3.85. The van der Waals surface area contributed by atoms with E-state index in [1.165, 1.54) is 37.7 Å². The fourth-order valence-corrected chi connectivity index (χ4v) is 3.03. The molecule has 112 valence electrons. The fourth-order valence-electron chi connectivity index (χ4n) is 3.03. The Bertz CT molecular complexity index is 359. The molecule has 20 heavy (non-hydrogen) atoms. The lowest BCUT2D eigenvalue weighted by atomic mass is 9.95. The molecule has 0 spiro atoms. The minimum absolute atomic E-state index is 0.485. The van der Waals surface area contributed by atoms with Gasteiger partial charge in [-0.3, -0.25) is 0 Å². The van der Waals surface area contributed by atoms with Crippen LogP contribution in [0.1, 0.15) is 57.6 Å². The predicted molar refractivity (Wildman–Crippen MR) is 84.8 cm³/mol. The van der Waals surface area contributed by atoms with Crippen molar-refractivity contribution in [3.8, 4) is 0 Å². The Morgan fingerprint density at radius 2 is 2.05 bits per heavy atom. The molecule has 1 saturated heterocycles. The van der Waals surface area contributed by atoms with Crippen molar-refractivity contribution in [3.63, 3.8) is 0 Å². The van der Waals surface area contributed by atoms with Crippen molar-refractivity contribution < 1.29 is 4.74 Å². The van der Waals surface area contributed by atoms with Crippen LogP contribution in [0.2, 0.25) is 0 Å². The molecule has 1 aliphatic rings. The SMILES string of the molecule is CCCCCC(NC(C)C1CCOC1)c1ccccc1. The standard InChI is InChI=1S/C18H29NO/c1-3-4-6-11-18(16-9-7-5-8-10-16)19-15(2)17-12-13-20-14-17/h5,7-10,15,17-19H,3-4,6,11-14H2,1-2H3. The van der Waals surface area contributed by atoms with Gasteiger partial charge in [-0.25, -0.2) is 0 Å². The van der Waals surface area contributed by atoms with Gasteiger partial charge in [0.05, 0.1) is 6.61 Å². The van der Waals surface area contributed by atoms with Gasteiger partial charge in [-0.1, -0.05) is 56.5 Å². The predicted octanol–water partition coefficient (Wildman–Crippen LogP) is 4.32. The molecule has 2 heteroatoms. The molecule has 0 aromatic heterocycles. The quantitative estimate of drug-likeness (QED) is 0.713. The average Bonchev–Trinajstić information content (AvgIpc) is 3.01. The summed E-state index contributed by atoms with van der Waals surface area (Å²) in [7, 11) is 0. The second kappa shape index (κ2) is 8.43. The smallest absolute Gasteiger partial charge is 0.0509 e. The van der Waals surface area contributed by atoms with Gasteiger partial charge in [0, 0.05) is 18.7 Å². The van der Waals surface area contributed by atoms with E-state index in [-0.39, 0.29) is 0 Å². The fraction of sp³-hybridized carbons (Fsp3) is 0.667. The lowest BCUT2D eigenvalue weighted by Gasteiger charge is -2.27. The second-order valence-electron chi connectivity index (χ2n) is 6.04. The van der Waals surface area contributed by atoms with Crippen LogP contribution < -0.4 is 5.32 Å². The molecular formula is C18H29NO. The number of ether oxygens (including phenoxy) is 1. The molecule has 1 aromatic carbocycles. The summed E-state index contributed by atoms with van der Waals surface area (Å²) < 4.78 is 5.52. The number of nitrogens with one attached hydrogen (secondary N) is 1. The molecule has 0 amide bonds. The molecule has 1 aromatic rings.